The number of aliphatic hydroxyl groups excluding tert-OH is 3. The molecule has 95 valence electrons. The second-order valence-corrected chi connectivity index (χ2v) is 3.75. The van der Waals surface area contributed by atoms with E-state index in [9.17, 15) is 20.1 Å². The Kier molecular flexibility index (Phi) is 3.31. The van der Waals surface area contributed by atoms with Crippen molar-refractivity contribution >= 4 is 6.03 Å². The van der Waals surface area contributed by atoms with Crippen LogP contribution in [0.25, 0.3) is 0 Å². The van der Waals surface area contributed by atoms with Crippen molar-refractivity contribution in [3.63, 3.8) is 0 Å². The molecule has 17 heavy (non-hydrogen) atoms. The zero-order chi connectivity index (χ0) is 12.6. The maximum atomic E-state index is 11.4. The lowest BCUT2D eigenvalue weighted by Gasteiger charge is -2.34. The summed E-state index contributed by atoms with van der Waals surface area (Å²) >= 11 is 0. The van der Waals surface area contributed by atoms with Gasteiger partial charge >= 0.3 is 6.03 Å². The number of nitrogens with one attached hydrogen (secondary N) is 1. The first-order valence-corrected chi connectivity index (χ1v) is 4.98. The molecule has 0 aliphatic carbocycles. The summed E-state index contributed by atoms with van der Waals surface area (Å²) in [4.78, 5) is 12.4. The molecule has 2 heterocycles. The summed E-state index contributed by atoms with van der Waals surface area (Å²) in [6, 6.07) is -0.757. The van der Waals surface area contributed by atoms with Gasteiger partial charge in [0.15, 0.2) is 6.23 Å². The number of carbonyl (C=O) groups is 1. The highest BCUT2D eigenvalue weighted by atomic mass is 16.6. The van der Waals surface area contributed by atoms with Crippen molar-refractivity contribution < 1.29 is 30.0 Å². The van der Waals surface area contributed by atoms with Gasteiger partial charge in [0.2, 0.25) is 0 Å². The molecule has 4 atom stereocenters. The number of urea groups is 1. The van der Waals surface area contributed by atoms with Crippen LogP contribution in [0.2, 0.25) is 0 Å². The number of amides is 2. The smallest absolute Gasteiger partial charge is 0.323 e. The molecule has 2 rings (SSSR count). The summed E-state index contributed by atoms with van der Waals surface area (Å²) in [6.45, 7) is -0.479. The Labute approximate surface area is 96.7 Å². The zero-order valence-electron chi connectivity index (χ0n) is 8.68. The van der Waals surface area contributed by atoms with Gasteiger partial charge in [0.1, 0.15) is 18.3 Å². The third-order valence-corrected chi connectivity index (χ3v) is 2.64. The van der Waals surface area contributed by atoms with Gasteiger partial charge in [-0.25, -0.2) is 4.79 Å². The molecule has 0 aromatic rings. The SMILES string of the molecule is O=C1N[C]([O-])C=CN1[C@@H]1O[C@H](CO)[C@@H](O)[C@H]1O. The van der Waals surface area contributed by atoms with E-state index in [0.717, 1.165) is 17.2 Å². The van der Waals surface area contributed by atoms with Crippen LogP contribution in [-0.2, 0) is 4.74 Å². The molecule has 0 bridgehead atoms. The fourth-order valence-corrected chi connectivity index (χ4v) is 1.74. The van der Waals surface area contributed by atoms with Crippen molar-refractivity contribution in [1.82, 2.24) is 10.2 Å². The molecular formula is C9H12N2O6-. The van der Waals surface area contributed by atoms with Gasteiger partial charge in [-0.3, -0.25) is 4.90 Å². The van der Waals surface area contributed by atoms with Gasteiger partial charge in [-0.15, -0.1) is 0 Å². The monoisotopic (exact) mass is 244 g/mol. The molecule has 4 N–H and O–H groups in total. The van der Waals surface area contributed by atoms with Crippen LogP contribution in [0.3, 0.4) is 0 Å². The van der Waals surface area contributed by atoms with E-state index in [-0.39, 0.29) is 0 Å². The first kappa shape index (κ1) is 12.3. The standard InChI is InChI=1S/C9H12N2O6/c12-3-4-6(14)7(15)8(17-4)11-2-1-5(13)10-9(11)16/h1-2,4,6-8,12,14-15H,3H2,(H,10,16)/q-1/t4-,6-,7-,8-/m1/s1. The number of nitrogens with zero attached hydrogens (tertiary/aromatic N) is 1. The normalized spacial score (nSPS) is 38.6. The van der Waals surface area contributed by atoms with E-state index in [0.29, 0.717) is 0 Å². The van der Waals surface area contributed by atoms with Crippen LogP contribution in [0.1, 0.15) is 0 Å². The number of hydrogen-bond acceptors (Lipinski definition) is 6. The summed E-state index contributed by atoms with van der Waals surface area (Å²) in [5, 5.41) is 40.9. The van der Waals surface area contributed by atoms with Crippen molar-refractivity contribution in [3.8, 4) is 0 Å². The lowest BCUT2D eigenvalue weighted by molar-refractivity contribution is -0.348. The number of hydrogen-bond donors (Lipinski definition) is 4. The van der Waals surface area contributed by atoms with Crippen molar-refractivity contribution in [1.29, 1.82) is 0 Å². The highest BCUT2D eigenvalue weighted by Crippen LogP contribution is 2.25. The highest BCUT2D eigenvalue weighted by Gasteiger charge is 2.46. The van der Waals surface area contributed by atoms with Crippen LogP contribution < -0.4 is 10.4 Å². The fourth-order valence-electron chi connectivity index (χ4n) is 1.74. The number of rotatable bonds is 2. The maximum absolute atomic E-state index is 11.4. The van der Waals surface area contributed by atoms with E-state index in [1.165, 1.54) is 0 Å². The Morgan fingerprint density at radius 1 is 1.47 bits per heavy atom. The number of ether oxygens (including phenoxy) is 1. The fraction of sp³-hybridized carbons (Fsp3) is 0.556. The average molecular weight is 244 g/mol. The highest BCUT2D eigenvalue weighted by molar-refractivity contribution is 5.78. The van der Waals surface area contributed by atoms with Crippen molar-refractivity contribution in [3.05, 3.63) is 18.5 Å². The van der Waals surface area contributed by atoms with Crippen LogP contribution in [-0.4, -0.2) is 57.4 Å². The van der Waals surface area contributed by atoms with Crippen LogP contribution >= 0.6 is 0 Å². The molecule has 0 aromatic carbocycles. The molecule has 2 aliphatic heterocycles. The van der Waals surface area contributed by atoms with E-state index in [2.05, 4.69) is 0 Å². The molecule has 2 aliphatic rings. The summed E-state index contributed by atoms with van der Waals surface area (Å²) < 4.78 is 5.13. The quantitative estimate of drug-likeness (QED) is 0.405. The van der Waals surface area contributed by atoms with E-state index >= 15 is 0 Å². The molecule has 1 radical (unpaired) electrons. The van der Waals surface area contributed by atoms with Gasteiger partial charge in [0.05, 0.1) is 6.61 Å². The Morgan fingerprint density at radius 2 is 2.18 bits per heavy atom. The predicted octanol–water partition coefficient (Wildman–Crippen LogP) is -3.19. The van der Waals surface area contributed by atoms with Crippen molar-refractivity contribution in [2.45, 2.75) is 24.5 Å². The first-order chi connectivity index (χ1) is 8.04. The van der Waals surface area contributed by atoms with Crippen LogP contribution in [0, 0.1) is 6.23 Å². The molecular weight excluding hydrogens is 232 g/mol. The van der Waals surface area contributed by atoms with E-state index in [1.54, 1.807) is 0 Å². The molecule has 1 saturated heterocycles. The predicted molar refractivity (Wildman–Crippen MR) is 50.5 cm³/mol. The average Bonchev–Trinajstić information content (AvgIpc) is 2.57. The van der Waals surface area contributed by atoms with E-state index in [1.807, 2.05) is 5.32 Å². The van der Waals surface area contributed by atoms with Gasteiger partial charge in [-0.1, -0.05) is 6.08 Å². The lowest BCUT2D eigenvalue weighted by atomic mass is 10.1. The minimum absolute atomic E-state index is 0.479. The van der Waals surface area contributed by atoms with E-state index < -0.39 is 43.4 Å². The summed E-state index contributed by atoms with van der Waals surface area (Å²) in [5.74, 6) is 0. The Balaban J connectivity index is 2.13. The largest absolute Gasteiger partial charge is 0.830 e. The van der Waals surface area contributed by atoms with Gasteiger partial charge in [-0.05, 0) is 6.23 Å². The lowest BCUT2D eigenvalue weighted by Crippen LogP contribution is -2.53. The van der Waals surface area contributed by atoms with Crippen LogP contribution in [0.5, 0.6) is 0 Å². The Bertz CT molecular complexity index is 335. The van der Waals surface area contributed by atoms with Crippen LogP contribution in [0.4, 0.5) is 4.79 Å². The summed E-state index contributed by atoms with van der Waals surface area (Å²) in [6.07, 6.45) is -3.06. The number of carbonyl (C=O) groups excluding carboxylic acids is 1. The minimum atomic E-state index is -1.35. The van der Waals surface area contributed by atoms with Gasteiger partial charge in [0, 0.05) is 6.20 Å². The summed E-state index contributed by atoms with van der Waals surface area (Å²) in [7, 11) is 0. The Morgan fingerprint density at radius 3 is 2.71 bits per heavy atom. The van der Waals surface area contributed by atoms with Crippen LogP contribution in [0.15, 0.2) is 12.3 Å². The molecule has 0 spiro atoms. The third-order valence-electron chi connectivity index (χ3n) is 2.64. The second-order valence-electron chi connectivity index (χ2n) is 3.75. The molecule has 1 fully saturated rings. The molecule has 8 heteroatoms. The molecule has 8 nitrogen and oxygen atoms in total. The molecule has 0 saturated carbocycles. The molecule has 0 aromatic heterocycles. The Hall–Kier alpha value is -1.19. The topological polar surface area (TPSA) is 125 Å². The van der Waals surface area contributed by atoms with Crippen molar-refractivity contribution in [2.24, 2.45) is 0 Å². The first-order valence-electron chi connectivity index (χ1n) is 4.98. The van der Waals surface area contributed by atoms with Crippen molar-refractivity contribution in [2.75, 3.05) is 6.61 Å². The van der Waals surface area contributed by atoms with Gasteiger partial charge < -0.3 is 30.5 Å². The van der Waals surface area contributed by atoms with Gasteiger partial charge in [-0.2, -0.15) is 0 Å². The van der Waals surface area contributed by atoms with Gasteiger partial charge in [0.25, 0.3) is 0 Å². The summed E-state index contributed by atoms with van der Waals surface area (Å²) in [5.41, 5.74) is 0. The van der Waals surface area contributed by atoms with E-state index in [4.69, 9.17) is 9.84 Å². The molecule has 0 unspecified atom stereocenters. The third kappa shape index (κ3) is 2.13. The number of aliphatic hydroxyl groups is 3. The zero-order valence-corrected chi connectivity index (χ0v) is 8.68. The molecule has 2 amide bonds. The second kappa shape index (κ2) is 4.59. The minimum Gasteiger partial charge on any atom is -0.830 e. The maximum Gasteiger partial charge on any atom is 0.323 e.